The Kier molecular flexibility index (Phi) is 28.5. The molecule has 76 heavy (non-hydrogen) atoms. The van der Waals surface area contributed by atoms with Gasteiger partial charge in [0, 0.05) is 50.9 Å². The molecule has 22 heteroatoms. The first-order chi connectivity index (χ1) is 35.1. The second-order valence-electron chi connectivity index (χ2n) is 26.0. The number of carbonyl (C=O) groups excluding carboxylic acids is 5. The first-order valence-corrected chi connectivity index (χ1v) is 37.1. The van der Waals surface area contributed by atoms with Gasteiger partial charge in [-0.25, -0.2) is 24.0 Å². The van der Waals surface area contributed by atoms with Crippen LogP contribution in [0.2, 0.25) is 51.9 Å². The van der Waals surface area contributed by atoms with Gasteiger partial charge in [-0.15, -0.1) is 0 Å². The Bertz CT molecular complexity index is 1800. The Morgan fingerprint density at radius 1 is 0.671 bits per heavy atom. The largest absolute Gasteiger partial charge is 0.508 e. The molecule has 0 saturated heterocycles. The third kappa shape index (κ3) is 30.2. The molecule has 0 aromatic carbocycles. The summed E-state index contributed by atoms with van der Waals surface area (Å²) in [7, 11) is -4.96. The highest BCUT2D eigenvalue weighted by molar-refractivity contribution is 6.87. The van der Waals surface area contributed by atoms with E-state index >= 15 is 0 Å². The summed E-state index contributed by atoms with van der Waals surface area (Å²) < 4.78 is 57.7. The number of alkyl carbamates (subject to hydrolysis) is 3. The summed E-state index contributed by atoms with van der Waals surface area (Å²) in [6.45, 7) is 37.9. The van der Waals surface area contributed by atoms with Crippen LogP contribution >= 0.6 is 0 Å². The average Bonchev–Trinajstić information content (AvgIpc) is 3.26. The number of esters is 1. The number of nitrogens with one attached hydrogen (secondary N) is 4. The van der Waals surface area contributed by atoms with Crippen LogP contribution < -0.4 is 21.3 Å². The molecule has 6 atom stereocenters. The number of hydrogen-bond acceptors (Lipinski definition) is 16. The minimum absolute atomic E-state index is 0.0117. The van der Waals surface area contributed by atoms with Crippen molar-refractivity contribution in [2.75, 3.05) is 66.6 Å². The molecule has 0 heterocycles. The highest BCUT2D eigenvalue weighted by atomic mass is 28.5. The van der Waals surface area contributed by atoms with E-state index in [-0.39, 0.29) is 66.7 Å². The van der Waals surface area contributed by atoms with Gasteiger partial charge in [0.25, 0.3) is 0 Å². The average molecular weight is 1130 g/mol. The minimum atomic E-state index is -2.50. The number of rotatable bonds is 34. The van der Waals surface area contributed by atoms with E-state index in [4.69, 9.17) is 41.4 Å². The van der Waals surface area contributed by atoms with Crippen LogP contribution in [-0.2, 0) is 50.9 Å². The van der Waals surface area contributed by atoms with Crippen LogP contribution in [0.1, 0.15) is 139 Å². The normalized spacial score (nSPS) is 22.7. The van der Waals surface area contributed by atoms with Crippen LogP contribution in [0.4, 0.5) is 19.2 Å². The molecule has 0 spiro atoms. The number of carbonyl (C=O) groups is 5. The fourth-order valence-electron chi connectivity index (χ4n) is 11.4. The number of amides is 3. The zero-order valence-electron chi connectivity index (χ0n) is 49.9. The topological polar surface area (TPSA) is 226 Å². The fourth-order valence-corrected chi connectivity index (χ4v) is 23.9. The SMILES string of the molecule is C=CC(=O)OCCCOC(=O)NC1CC(C)(C)CC(C)(CNC(=O)OCC(COCCC[Si](C)(O[Si](C)(C)C)O[Si](C)(C)C)OC(=O)NC2CC(C)(C)CC(C)(CNCOCCCCCC(C)(CC)OC(=O)OC)C2)C1. The standard InChI is InChI=1S/C54H104N4O15Si3/c1-18-45(59)67-28-23-29-68-47(61)57-42-31-51(5,6)38-53(8,34-42)40-56-46(60)69-36-44(35-65-27-24-30-76(17,72-74(11,12)13)73-75(14,15)16)70-48(62)58-43-32-50(3,4)37-52(7,33-43)39-55-41-66-26-22-20-21-25-54(9,19-2)71-49(63)64-10/h18,42-44,55H,1,19-41H2,2-17H3,(H,56,60)(H,57,61)(H,58,62). The maximum absolute atomic E-state index is 13.8. The molecular weight excluding hydrogens is 1030 g/mol. The van der Waals surface area contributed by atoms with Crippen LogP contribution in [0.3, 0.4) is 0 Å². The Balaban J connectivity index is 2.04. The van der Waals surface area contributed by atoms with Crippen LogP contribution in [0.25, 0.3) is 0 Å². The Hall–Kier alpha value is -3.26. The molecule has 2 aliphatic rings. The summed E-state index contributed by atoms with van der Waals surface area (Å²) in [5, 5.41) is 12.6. The lowest BCUT2D eigenvalue weighted by atomic mass is 9.62. The van der Waals surface area contributed by atoms with E-state index in [0.717, 1.165) is 69.9 Å². The zero-order chi connectivity index (χ0) is 57.5. The molecule has 0 radical (unpaired) electrons. The van der Waals surface area contributed by atoms with Gasteiger partial charge in [0.15, 0.2) is 22.7 Å². The van der Waals surface area contributed by atoms with Crippen molar-refractivity contribution in [3.63, 3.8) is 0 Å². The van der Waals surface area contributed by atoms with E-state index in [9.17, 15) is 24.0 Å². The third-order valence-corrected chi connectivity index (χ3v) is 23.2. The van der Waals surface area contributed by atoms with Crippen molar-refractivity contribution in [1.82, 2.24) is 21.3 Å². The predicted molar refractivity (Wildman–Crippen MR) is 302 cm³/mol. The van der Waals surface area contributed by atoms with Gasteiger partial charge in [0.05, 0.1) is 33.7 Å². The third-order valence-electron chi connectivity index (χ3n) is 13.6. The van der Waals surface area contributed by atoms with Crippen LogP contribution in [0.5, 0.6) is 0 Å². The van der Waals surface area contributed by atoms with Crippen molar-refractivity contribution >= 4 is 55.6 Å². The van der Waals surface area contributed by atoms with Gasteiger partial charge in [-0.1, -0.05) is 61.5 Å². The van der Waals surface area contributed by atoms with Gasteiger partial charge in [0.2, 0.25) is 0 Å². The molecule has 2 aliphatic carbocycles. The molecule has 2 fully saturated rings. The molecule has 2 rings (SSSR count). The van der Waals surface area contributed by atoms with Gasteiger partial charge in [-0.2, -0.15) is 0 Å². The lowest BCUT2D eigenvalue weighted by Gasteiger charge is -2.47. The number of ether oxygens (including phenoxy) is 8. The van der Waals surface area contributed by atoms with Crippen LogP contribution in [0.15, 0.2) is 12.7 Å². The van der Waals surface area contributed by atoms with Crippen LogP contribution in [-0.4, -0.2) is 146 Å². The fraction of sp³-hybridized carbons (Fsp3) is 0.870. The van der Waals surface area contributed by atoms with E-state index in [1.54, 1.807) is 0 Å². The Labute approximate surface area is 460 Å². The molecule has 0 aromatic heterocycles. The van der Waals surface area contributed by atoms with Crippen molar-refractivity contribution in [2.24, 2.45) is 21.7 Å². The summed E-state index contributed by atoms with van der Waals surface area (Å²) in [6, 6.07) is 0.385. The van der Waals surface area contributed by atoms with Crippen molar-refractivity contribution in [3.05, 3.63) is 12.7 Å². The van der Waals surface area contributed by atoms with Gasteiger partial charge in [-0.05, 0) is 151 Å². The molecule has 0 aromatic rings. The molecular formula is C54H104N4O15Si3. The number of hydrogen-bond donors (Lipinski definition) is 4. The van der Waals surface area contributed by atoms with E-state index in [1.807, 2.05) is 13.8 Å². The summed E-state index contributed by atoms with van der Waals surface area (Å²) >= 11 is 0. The van der Waals surface area contributed by atoms with E-state index in [0.29, 0.717) is 52.2 Å². The van der Waals surface area contributed by atoms with Gasteiger partial charge in [0.1, 0.15) is 12.2 Å². The van der Waals surface area contributed by atoms with Gasteiger partial charge in [-0.3, -0.25) is 5.32 Å². The molecule has 19 nitrogen and oxygen atoms in total. The molecule has 0 bridgehead atoms. The quantitative estimate of drug-likeness (QED) is 0.0117. The molecule has 4 N–H and O–H groups in total. The van der Waals surface area contributed by atoms with E-state index in [1.165, 1.54) is 7.11 Å². The van der Waals surface area contributed by atoms with E-state index in [2.05, 4.69) is 120 Å². The van der Waals surface area contributed by atoms with Gasteiger partial charge < -0.3 is 62.1 Å². The lowest BCUT2D eigenvalue weighted by Crippen LogP contribution is -2.52. The second-order valence-corrected chi connectivity index (χ2v) is 38.9. The minimum Gasteiger partial charge on any atom is -0.462 e. The molecule has 3 amide bonds. The lowest BCUT2D eigenvalue weighted by molar-refractivity contribution is -0.138. The first kappa shape index (κ1) is 68.8. The molecule has 0 aliphatic heterocycles. The number of methoxy groups -OCH3 is 1. The highest BCUT2D eigenvalue weighted by Crippen LogP contribution is 2.47. The molecule has 442 valence electrons. The summed E-state index contributed by atoms with van der Waals surface area (Å²) in [4.78, 5) is 62.9. The van der Waals surface area contributed by atoms with Crippen molar-refractivity contribution in [1.29, 1.82) is 0 Å². The summed E-state index contributed by atoms with van der Waals surface area (Å²) in [5.74, 6) is -0.531. The maximum atomic E-state index is 13.8. The highest BCUT2D eigenvalue weighted by Gasteiger charge is 2.44. The first-order valence-electron chi connectivity index (χ1n) is 27.8. The summed E-state index contributed by atoms with van der Waals surface area (Å²) in [5.41, 5.74) is -1.29. The maximum Gasteiger partial charge on any atom is 0.508 e. The Morgan fingerprint density at radius 2 is 1.24 bits per heavy atom. The zero-order valence-corrected chi connectivity index (χ0v) is 52.9. The van der Waals surface area contributed by atoms with Crippen molar-refractivity contribution in [2.45, 2.75) is 215 Å². The number of unbranched alkanes of at least 4 members (excludes halogenated alkanes) is 2. The smallest absolute Gasteiger partial charge is 0.462 e. The monoisotopic (exact) mass is 1130 g/mol. The van der Waals surface area contributed by atoms with E-state index < -0.39 is 67.3 Å². The Morgan fingerprint density at radius 3 is 1.80 bits per heavy atom. The van der Waals surface area contributed by atoms with Crippen molar-refractivity contribution < 1.29 is 70.1 Å². The van der Waals surface area contributed by atoms with Crippen molar-refractivity contribution in [3.8, 4) is 0 Å². The van der Waals surface area contributed by atoms with Crippen LogP contribution in [0, 0.1) is 21.7 Å². The summed E-state index contributed by atoms with van der Waals surface area (Å²) in [6.07, 6.45) is 7.53. The predicted octanol–water partition coefficient (Wildman–Crippen LogP) is 11.1. The molecule has 6 unspecified atom stereocenters. The second kappa shape index (κ2) is 31.5. The van der Waals surface area contributed by atoms with Gasteiger partial charge >= 0.3 is 39.0 Å². The molecule has 2 saturated carbocycles.